The highest BCUT2D eigenvalue weighted by Crippen LogP contribution is 2.30. The number of ether oxygens (including phenoxy) is 2. The zero-order valence-electron chi connectivity index (χ0n) is 22.6. The lowest BCUT2D eigenvalue weighted by molar-refractivity contribution is -0.176. The molecule has 2 fully saturated rings. The summed E-state index contributed by atoms with van der Waals surface area (Å²) in [5.74, 6) is -3.38. The van der Waals surface area contributed by atoms with E-state index in [1.165, 1.54) is 0 Å². The lowest BCUT2D eigenvalue weighted by Gasteiger charge is -2.43. The van der Waals surface area contributed by atoms with E-state index in [4.69, 9.17) is 21.1 Å². The third-order valence-electron chi connectivity index (χ3n) is 5.95. The molecule has 2 saturated heterocycles. The summed E-state index contributed by atoms with van der Waals surface area (Å²) in [6.45, 7) is 4.62. The van der Waals surface area contributed by atoms with Crippen LogP contribution in [0.15, 0.2) is 11.4 Å². The molecule has 3 atom stereocenters. The second-order valence-electron chi connectivity index (χ2n) is 10.5. The molecular weight excluding hydrogens is 588 g/mol. The fourth-order valence-electron chi connectivity index (χ4n) is 4.32. The average molecular weight is 621 g/mol. The van der Waals surface area contributed by atoms with Crippen LogP contribution in [0.4, 0.5) is 0 Å². The minimum atomic E-state index is -3.80. The number of rotatable bonds is 10. The van der Waals surface area contributed by atoms with Crippen LogP contribution in [0, 0.1) is 0 Å². The molecule has 0 radical (unpaired) electrons. The van der Waals surface area contributed by atoms with Gasteiger partial charge in [0.25, 0.3) is 5.91 Å². The number of thiophene rings is 1. The van der Waals surface area contributed by atoms with Gasteiger partial charge in [-0.1, -0.05) is 11.6 Å². The number of carbonyl (C=O) groups excluding carboxylic acids is 5. The van der Waals surface area contributed by atoms with Crippen LogP contribution in [0.1, 0.15) is 52.9 Å². The Hall–Kier alpha value is -2.75. The number of nitrogens with zero attached hydrogens (tertiary/aromatic N) is 2. The van der Waals surface area contributed by atoms with E-state index in [9.17, 15) is 32.4 Å². The number of sulfonamides is 1. The maximum atomic E-state index is 13.5. The van der Waals surface area contributed by atoms with E-state index >= 15 is 0 Å². The predicted molar refractivity (Wildman–Crippen MR) is 145 cm³/mol. The van der Waals surface area contributed by atoms with Crippen molar-refractivity contribution in [2.45, 2.75) is 76.6 Å². The minimum Gasteiger partial charge on any atom is -0.475 e. The second-order valence-corrected chi connectivity index (χ2v) is 13.6. The van der Waals surface area contributed by atoms with Gasteiger partial charge in [-0.2, -0.15) is 0 Å². The van der Waals surface area contributed by atoms with Crippen molar-refractivity contribution < 1.29 is 41.9 Å². The first-order chi connectivity index (χ1) is 18.6. The highest BCUT2D eigenvalue weighted by atomic mass is 35.5. The Kier molecular flexibility index (Phi) is 10.2. The van der Waals surface area contributed by atoms with Crippen molar-refractivity contribution in [1.82, 2.24) is 20.1 Å². The SMILES string of the molecule is CC(C)(C)OC(=O)CC(NC(=O)C1CCCN2C(=O)CCC(NS(C)(=O)=O)C(=O)N12)C(=O)COc1sccc1Cl. The molecule has 2 aliphatic heterocycles. The molecular formula is C24H33ClN4O9S2. The van der Waals surface area contributed by atoms with Gasteiger partial charge in [-0.3, -0.25) is 29.0 Å². The molecule has 3 heterocycles. The minimum absolute atomic E-state index is 0.0750. The van der Waals surface area contributed by atoms with Crippen LogP contribution in [0.2, 0.25) is 5.02 Å². The van der Waals surface area contributed by atoms with Gasteiger partial charge in [0.1, 0.15) is 30.3 Å². The zero-order valence-corrected chi connectivity index (χ0v) is 25.0. The molecule has 2 N–H and O–H groups in total. The molecule has 1 aromatic heterocycles. The maximum Gasteiger partial charge on any atom is 0.308 e. The Morgan fingerprint density at radius 1 is 1.23 bits per heavy atom. The number of fused-ring (bicyclic) bond motifs is 1. The lowest BCUT2D eigenvalue weighted by atomic mass is 10.0. The number of hydrogen-bond acceptors (Lipinski definition) is 10. The van der Waals surface area contributed by atoms with Crippen molar-refractivity contribution in [1.29, 1.82) is 0 Å². The van der Waals surface area contributed by atoms with Gasteiger partial charge in [0.05, 0.1) is 17.7 Å². The number of halogens is 1. The van der Waals surface area contributed by atoms with Gasteiger partial charge in [0, 0.05) is 13.0 Å². The molecule has 40 heavy (non-hydrogen) atoms. The quantitative estimate of drug-likeness (QED) is 0.363. The van der Waals surface area contributed by atoms with Crippen LogP contribution >= 0.6 is 22.9 Å². The number of ketones is 1. The standard InChI is InChI=1S/C24H33ClN4O9S2/c1-24(2,3)38-20(32)12-16(18(30)13-37-23-14(25)9-11-39-23)26-21(33)17-6-5-10-28-19(31)8-7-15(22(34)29(17)28)27-40(4,35)36/h9,11,15-17,27H,5-8,10,12-13H2,1-4H3,(H,26,33). The summed E-state index contributed by atoms with van der Waals surface area (Å²) in [5, 5.41) is 6.90. The smallest absolute Gasteiger partial charge is 0.308 e. The molecule has 16 heteroatoms. The summed E-state index contributed by atoms with van der Waals surface area (Å²) in [7, 11) is -3.80. The van der Waals surface area contributed by atoms with Crippen LogP contribution in [-0.4, -0.2) is 91.0 Å². The van der Waals surface area contributed by atoms with Crippen molar-refractivity contribution in [3.63, 3.8) is 0 Å². The van der Waals surface area contributed by atoms with E-state index < -0.39 is 76.3 Å². The van der Waals surface area contributed by atoms with Gasteiger partial charge in [-0.05, 0) is 51.5 Å². The van der Waals surface area contributed by atoms with Crippen molar-refractivity contribution in [3.8, 4) is 5.06 Å². The fraction of sp³-hybridized carbons (Fsp3) is 0.625. The van der Waals surface area contributed by atoms with E-state index in [1.54, 1.807) is 32.2 Å². The predicted octanol–water partition coefficient (Wildman–Crippen LogP) is 1.01. The molecule has 0 aliphatic carbocycles. The molecule has 222 valence electrons. The summed E-state index contributed by atoms with van der Waals surface area (Å²) in [6, 6.07) is -2.26. The van der Waals surface area contributed by atoms with Crippen LogP contribution in [0.25, 0.3) is 0 Å². The number of hydrazine groups is 1. The highest BCUT2D eigenvalue weighted by molar-refractivity contribution is 7.88. The molecule has 2 aliphatic rings. The van der Waals surface area contributed by atoms with Gasteiger partial charge >= 0.3 is 5.97 Å². The number of nitrogens with one attached hydrogen (secondary N) is 2. The molecule has 13 nitrogen and oxygen atoms in total. The molecule has 0 spiro atoms. The Morgan fingerprint density at radius 3 is 2.52 bits per heavy atom. The molecule has 0 aromatic carbocycles. The normalized spacial score (nSPS) is 20.8. The molecule has 1 aromatic rings. The summed E-state index contributed by atoms with van der Waals surface area (Å²) >= 11 is 7.18. The molecule has 0 bridgehead atoms. The average Bonchev–Trinajstić information content (AvgIpc) is 3.21. The molecule has 0 saturated carbocycles. The van der Waals surface area contributed by atoms with Crippen molar-refractivity contribution in [2.24, 2.45) is 0 Å². The first kappa shape index (κ1) is 31.8. The van der Waals surface area contributed by atoms with Gasteiger partial charge in [0.15, 0.2) is 10.8 Å². The van der Waals surface area contributed by atoms with Crippen LogP contribution in [-0.2, 0) is 38.7 Å². The van der Waals surface area contributed by atoms with E-state index in [1.807, 2.05) is 0 Å². The Morgan fingerprint density at radius 2 is 1.93 bits per heavy atom. The van der Waals surface area contributed by atoms with E-state index in [-0.39, 0.29) is 25.8 Å². The van der Waals surface area contributed by atoms with Gasteiger partial charge in [-0.15, -0.1) is 11.3 Å². The first-order valence-corrected chi connectivity index (χ1v) is 15.7. The summed E-state index contributed by atoms with van der Waals surface area (Å²) in [4.78, 5) is 65.4. The van der Waals surface area contributed by atoms with Crippen molar-refractivity contribution in [2.75, 3.05) is 19.4 Å². The topological polar surface area (TPSA) is 168 Å². The second kappa shape index (κ2) is 12.8. The van der Waals surface area contributed by atoms with Gasteiger partial charge in [-0.25, -0.2) is 18.1 Å². The number of hydrogen-bond donors (Lipinski definition) is 2. The third-order valence-corrected chi connectivity index (χ3v) is 7.89. The highest BCUT2D eigenvalue weighted by Gasteiger charge is 2.45. The number of Topliss-reactive ketones (excluding diaryl/α,β-unsaturated/α-hetero) is 1. The third kappa shape index (κ3) is 8.62. The van der Waals surface area contributed by atoms with Gasteiger partial charge in [0.2, 0.25) is 21.8 Å². The van der Waals surface area contributed by atoms with Crippen LogP contribution in [0.3, 0.4) is 0 Å². The van der Waals surface area contributed by atoms with Crippen LogP contribution in [0.5, 0.6) is 5.06 Å². The van der Waals surface area contributed by atoms with E-state index in [0.717, 1.165) is 27.6 Å². The summed E-state index contributed by atoms with van der Waals surface area (Å²) in [6.07, 6.45) is 0.721. The molecule has 3 rings (SSSR count). The van der Waals surface area contributed by atoms with E-state index in [0.29, 0.717) is 16.5 Å². The summed E-state index contributed by atoms with van der Waals surface area (Å²) < 4.78 is 36.7. The Bertz CT molecular complexity index is 1260. The fourth-order valence-corrected chi connectivity index (χ4v) is 6.02. The zero-order chi connectivity index (χ0) is 29.8. The molecule has 3 amide bonds. The van der Waals surface area contributed by atoms with Crippen molar-refractivity contribution in [3.05, 3.63) is 16.5 Å². The lowest BCUT2D eigenvalue weighted by Crippen LogP contribution is -2.64. The number of amides is 3. The van der Waals surface area contributed by atoms with Gasteiger partial charge < -0.3 is 14.8 Å². The first-order valence-electron chi connectivity index (χ1n) is 12.6. The Labute approximate surface area is 241 Å². The maximum absolute atomic E-state index is 13.5. The van der Waals surface area contributed by atoms with Crippen molar-refractivity contribution >= 4 is 62.4 Å². The number of esters is 1. The number of carbonyl (C=O) groups is 5. The largest absolute Gasteiger partial charge is 0.475 e. The molecule has 3 unspecified atom stereocenters. The summed E-state index contributed by atoms with van der Waals surface area (Å²) in [5.41, 5.74) is -0.847. The monoisotopic (exact) mass is 620 g/mol. The van der Waals surface area contributed by atoms with E-state index in [2.05, 4.69) is 10.0 Å². The van der Waals surface area contributed by atoms with Crippen LogP contribution < -0.4 is 14.8 Å². The Balaban J connectivity index is 1.83.